The zero-order valence-corrected chi connectivity index (χ0v) is 16.4. The fourth-order valence-corrected chi connectivity index (χ4v) is 3.21. The van der Waals surface area contributed by atoms with Crippen molar-refractivity contribution in [3.63, 3.8) is 0 Å². The summed E-state index contributed by atoms with van der Waals surface area (Å²) in [5, 5.41) is 0. The van der Waals surface area contributed by atoms with Crippen molar-refractivity contribution in [3.8, 4) is 34.2 Å². The monoisotopic (exact) mass is 388 g/mol. The second-order valence-corrected chi connectivity index (χ2v) is 6.38. The Kier molecular flexibility index (Phi) is 4.91. The molecule has 6 heteroatoms. The highest BCUT2D eigenvalue weighted by Crippen LogP contribution is 2.25. The molecule has 0 bridgehead atoms. The molecule has 0 unspecified atom stereocenters. The molecule has 0 radical (unpaired) electrons. The van der Waals surface area contributed by atoms with Crippen LogP contribution in [0.25, 0.3) is 28.0 Å². The Morgan fingerprint density at radius 1 is 0.724 bits per heavy atom. The van der Waals surface area contributed by atoms with Gasteiger partial charge < -0.3 is 14.2 Å². The summed E-state index contributed by atoms with van der Waals surface area (Å²) in [4.78, 5) is 18.1. The molecular formula is C23H20N2O4. The highest BCUT2D eigenvalue weighted by molar-refractivity contribution is 5.81. The van der Waals surface area contributed by atoms with Crippen LogP contribution in [0, 0.1) is 0 Å². The summed E-state index contributed by atoms with van der Waals surface area (Å²) < 4.78 is 17.5. The summed E-state index contributed by atoms with van der Waals surface area (Å²) in [7, 11) is 4.80. The molecule has 0 N–H and O–H groups in total. The topological polar surface area (TPSA) is 62.6 Å². The van der Waals surface area contributed by atoms with Gasteiger partial charge in [0.25, 0.3) is 5.56 Å². The number of benzene rings is 3. The minimum Gasteiger partial charge on any atom is -0.497 e. The van der Waals surface area contributed by atoms with Crippen LogP contribution < -0.4 is 19.8 Å². The van der Waals surface area contributed by atoms with Crippen molar-refractivity contribution >= 4 is 11.0 Å². The first-order valence-electron chi connectivity index (χ1n) is 9.04. The van der Waals surface area contributed by atoms with E-state index in [-0.39, 0.29) is 5.56 Å². The first-order chi connectivity index (χ1) is 14.1. The van der Waals surface area contributed by atoms with Crippen LogP contribution in [0.5, 0.6) is 17.2 Å². The Bertz CT molecular complexity index is 1210. The third-order valence-electron chi connectivity index (χ3n) is 4.76. The maximum Gasteiger partial charge on any atom is 0.282 e. The van der Waals surface area contributed by atoms with Gasteiger partial charge in [0.2, 0.25) is 0 Å². The normalized spacial score (nSPS) is 10.7. The Hall–Kier alpha value is -3.80. The Balaban J connectivity index is 2.01. The highest BCUT2D eigenvalue weighted by Gasteiger charge is 2.15. The molecule has 0 aliphatic carbocycles. The minimum absolute atomic E-state index is 0.221. The molecule has 0 aliphatic rings. The van der Waals surface area contributed by atoms with Crippen LogP contribution in [0.1, 0.15) is 0 Å². The third kappa shape index (κ3) is 3.40. The zero-order valence-electron chi connectivity index (χ0n) is 16.4. The first-order valence-corrected chi connectivity index (χ1v) is 9.04. The fourth-order valence-electron chi connectivity index (χ4n) is 3.21. The van der Waals surface area contributed by atoms with E-state index in [1.807, 2.05) is 66.7 Å². The summed E-state index contributed by atoms with van der Waals surface area (Å²) in [6, 6.07) is 20.1. The van der Waals surface area contributed by atoms with Gasteiger partial charge in [-0.2, -0.15) is 0 Å². The van der Waals surface area contributed by atoms with E-state index in [9.17, 15) is 4.79 Å². The van der Waals surface area contributed by atoms with E-state index < -0.39 is 0 Å². The van der Waals surface area contributed by atoms with E-state index in [2.05, 4.69) is 4.98 Å². The molecule has 0 saturated heterocycles. The predicted octanol–water partition coefficient (Wildman–Crippen LogP) is 4.08. The molecule has 3 aromatic carbocycles. The van der Waals surface area contributed by atoms with E-state index in [1.165, 1.54) is 0 Å². The van der Waals surface area contributed by atoms with Gasteiger partial charge in [0.15, 0.2) is 0 Å². The molecule has 1 aromatic heterocycles. The van der Waals surface area contributed by atoms with Crippen molar-refractivity contribution in [2.45, 2.75) is 0 Å². The van der Waals surface area contributed by atoms with E-state index in [0.717, 1.165) is 11.3 Å². The Morgan fingerprint density at radius 3 is 1.86 bits per heavy atom. The number of ether oxygens (including phenoxy) is 3. The van der Waals surface area contributed by atoms with Gasteiger partial charge in [-0.15, -0.1) is 0 Å². The van der Waals surface area contributed by atoms with Gasteiger partial charge in [0.05, 0.1) is 32.4 Å². The number of fused-ring (bicyclic) bond motifs is 1. The molecule has 4 aromatic rings. The number of methoxy groups -OCH3 is 3. The van der Waals surface area contributed by atoms with Crippen LogP contribution in [-0.4, -0.2) is 30.9 Å². The number of aromatic nitrogens is 2. The maximum atomic E-state index is 13.5. The molecule has 4 rings (SSSR count). The average molecular weight is 388 g/mol. The van der Waals surface area contributed by atoms with Crippen molar-refractivity contribution in [2.75, 3.05) is 21.3 Å². The van der Waals surface area contributed by atoms with Gasteiger partial charge in [-0.05, 0) is 60.7 Å². The molecule has 0 atom stereocenters. The lowest BCUT2D eigenvalue weighted by molar-refractivity contribution is 0.414. The van der Waals surface area contributed by atoms with Crippen molar-refractivity contribution in [3.05, 3.63) is 77.1 Å². The molecule has 0 amide bonds. The van der Waals surface area contributed by atoms with E-state index >= 15 is 0 Å². The zero-order chi connectivity index (χ0) is 20.4. The molecule has 146 valence electrons. The van der Waals surface area contributed by atoms with Gasteiger partial charge in [0, 0.05) is 17.3 Å². The molecule has 0 spiro atoms. The third-order valence-corrected chi connectivity index (χ3v) is 4.76. The number of hydrogen-bond donors (Lipinski definition) is 0. The Labute approximate surface area is 167 Å². The van der Waals surface area contributed by atoms with Crippen LogP contribution in [-0.2, 0) is 0 Å². The van der Waals surface area contributed by atoms with Gasteiger partial charge in [-0.3, -0.25) is 9.36 Å². The lowest BCUT2D eigenvalue weighted by Gasteiger charge is -2.14. The van der Waals surface area contributed by atoms with Crippen LogP contribution in [0.2, 0.25) is 0 Å². The summed E-state index contributed by atoms with van der Waals surface area (Å²) in [6.07, 6.45) is 0. The molecule has 0 saturated carbocycles. The van der Waals surface area contributed by atoms with Crippen LogP contribution in [0.3, 0.4) is 0 Å². The van der Waals surface area contributed by atoms with Crippen LogP contribution in [0.15, 0.2) is 71.5 Å². The standard InChI is InChI=1S/C23H20N2O4/c1-27-17-8-4-15(5-9-17)22-23(26)25(16-6-10-18(28-2)11-7-16)21-14-19(29-3)12-13-20(21)24-22/h4-14H,1-3H3. The first kappa shape index (κ1) is 18.6. The summed E-state index contributed by atoms with van der Waals surface area (Å²) in [5.74, 6) is 2.08. The van der Waals surface area contributed by atoms with Crippen molar-refractivity contribution < 1.29 is 14.2 Å². The van der Waals surface area contributed by atoms with Crippen molar-refractivity contribution in [1.82, 2.24) is 9.55 Å². The predicted molar refractivity (Wildman–Crippen MR) is 112 cm³/mol. The summed E-state index contributed by atoms with van der Waals surface area (Å²) in [5.41, 5.74) is 2.92. The summed E-state index contributed by atoms with van der Waals surface area (Å²) >= 11 is 0. The quantitative estimate of drug-likeness (QED) is 0.516. The molecule has 29 heavy (non-hydrogen) atoms. The lowest BCUT2D eigenvalue weighted by atomic mass is 10.1. The number of rotatable bonds is 5. The molecule has 0 aliphatic heterocycles. The average Bonchev–Trinajstić information content (AvgIpc) is 2.78. The molecule has 0 fully saturated rings. The van der Waals surface area contributed by atoms with E-state index in [0.29, 0.717) is 33.9 Å². The van der Waals surface area contributed by atoms with Gasteiger partial charge >= 0.3 is 0 Å². The van der Waals surface area contributed by atoms with E-state index in [1.54, 1.807) is 25.9 Å². The summed E-state index contributed by atoms with van der Waals surface area (Å²) in [6.45, 7) is 0. The number of nitrogens with zero attached hydrogens (tertiary/aromatic N) is 2. The van der Waals surface area contributed by atoms with Gasteiger partial charge in [-0.25, -0.2) is 4.98 Å². The molecular weight excluding hydrogens is 368 g/mol. The molecule has 6 nitrogen and oxygen atoms in total. The van der Waals surface area contributed by atoms with Gasteiger partial charge in [-0.1, -0.05) is 0 Å². The second kappa shape index (κ2) is 7.67. The smallest absolute Gasteiger partial charge is 0.282 e. The lowest BCUT2D eigenvalue weighted by Crippen LogP contribution is -2.22. The Morgan fingerprint density at radius 2 is 1.28 bits per heavy atom. The maximum absolute atomic E-state index is 13.5. The van der Waals surface area contributed by atoms with Crippen molar-refractivity contribution in [2.24, 2.45) is 0 Å². The second-order valence-electron chi connectivity index (χ2n) is 6.38. The van der Waals surface area contributed by atoms with E-state index in [4.69, 9.17) is 14.2 Å². The number of hydrogen-bond acceptors (Lipinski definition) is 5. The van der Waals surface area contributed by atoms with Crippen LogP contribution >= 0.6 is 0 Å². The van der Waals surface area contributed by atoms with Crippen LogP contribution in [0.4, 0.5) is 0 Å². The SMILES string of the molecule is COc1ccc(-c2nc3ccc(OC)cc3n(-c3ccc(OC)cc3)c2=O)cc1. The fraction of sp³-hybridized carbons (Fsp3) is 0.130. The highest BCUT2D eigenvalue weighted by atomic mass is 16.5. The van der Waals surface area contributed by atoms with Gasteiger partial charge in [0.1, 0.15) is 22.9 Å². The largest absolute Gasteiger partial charge is 0.497 e. The van der Waals surface area contributed by atoms with Crippen molar-refractivity contribution in [1.29, 1.82) is 0 Å². The minimum atomic E-state index is -0.221. The molecule has 1 heterocycles.